The SMILES string of the molecule is CC(N)=NCCCC[C@H](N)[C@@](C)(O)CO. The fourth-order valence-electron chi connectivity index (χ4n) is 1.16. The topological polar surface area (TPSA) is 105 Å². The smallest absolute Gasteiger partial charge is 0.0999 e. The van der Waals surface area contributed by atoms with E-state index in [4.69, 9.17) is 16.6 Å². The predicted molar refractivity (Wildman–Crippen MR) is 61.7 cm³/mol. The number of rotatable bonds is 7. The van der Waals surface area contributed by atoms with Crippen LogP contribution in [0.15, 0.2) is 4.99 Å². The lowest BCUT2D eigenvalue weighted by atomic mass is 9.94. The Morgan fingerprint density at radius 2 is 2.07 bits per heavy atom. The van der Waals surface area contributed by atoms with Crippen LogP contribution < -0.4 is 11.5 Å². The molecule has 0 saturated carbocycles. The summed E-state index contributed by atoms with van der Waals surface area (Å²) in [4.78, 5) is 4.05. The minimum atomic E-state index is -1.19. The van der Waals surface area contributed by atoms with Crippen molar-refractivity contribution >= 4 is 5.84 Å². The van der Waals surface area contributed by atoms with Crippen molar-refractivity contribution in [3.8, 4) is 0 Å². The summed E-state index contributed by atoms with van der Waals surface area (Å²) in [6, 6.07) is -0.398. The van der Waals surface area contributed by atoms with Crippen LogP contribution in [0.3, 0.4) is 0 Å². The van der Waals surface area contributed by atoms with E-state index in [0.717, 1.165) is 12.8 Å². The van der Waals surface area contributed by atoms with E-state index < -0.39 is 11.6 Å². The highest BCUT2D eigenvalue weighted by atomic mass is 16.3. The van der Waals surface area contributed by atoms with Crippen LogP contribution in [-0.4, -0.2) is 40.8 Å². The zero-order valence-electron chi connectivity index (χ0n) is 9.61. The molecule has 0 radical (unpaired) electrons. The number of nitrogens with zero attached hydrogens (tertiary/aromatic N) is 1. The zero-order valence-corrected chi connectivity index (χ0v) is 9.61. The van der Waals surface area contributed by atoms with Crippen LogP contribution in [0, 0.1) is 0 Å². The molecule has 0 amide bonds. The largest absolute Gasteiger partial charge is 0.393 e. The van der Waals surface area contributed by atoms with E-state index in [0.29, 0.717) is 18.8 Å². The summed E-state index contributed by atoms with van der Waals surface area (Å²) in [5.41, 5.74) is 9.92. The van der Waals surface area contributed by atoms with Crippen molar-refractivity contribution < 1.29 is 10.2 Å². The van der Waals surface area contributed by atoms with Crippen molar-refractivity contribution in [1.29, 1.82) is 0 Å². The highest BCUT2D eigenvalue weighted by Gasteiger charge is 2.27. The summed E-state index contributed by atoms with van der Waals surface area (Å²) in [5.74, 6) is 0.585. The lowest BCUT2D eigenvalue weighted by Crippen LogP contribution is -2.48. The summed E-state index contributed by atoms with van der Waals surface area (Å²) < 4.78 is 0. The Kier molecular flexibility index (Phi) is 6.47. The number of unbranched alkanes of at least 4 members (excludes halogenated alkanes) is 1. The van der Waals surface area contributed by atoms with Crippen LogP contribution >= 0.6 is 0 Å². The lowest BCUT2D eigenvalue weighted by Gasteiger charge is -2.27. The van der Waals surface area contributed by atoms with E-state index in [9.17, 15) is 5.11 Å². The molecule has 5 nitrogen and oxygen atoms in total. The van der Waals surface area contributed by atoms with Crippen molar-refractivity contribution in [2.75, 3.05) is 13.2 Å². The van der Waals surface area contributed by atoms with Gasteiger partial charge in [-0.1, -0.05) is 0 Å². The predicted octanol–water partition coefficient (Wildman–Crippen LogP) is -0.396. The highest BCUT2D eigenvalue weighted by molar-refractivity contribution is 5.77. The molecule has 0 rings (SSSR count). The molecule has 0 aromatic carbocycles. The van der Waals surface area contributed by atoms with Gasteiger partial charge in [-0.2, -0.15) is 0 Å². The second-order valence-electron chi connectivity index (χ2n) is 4.14. The van der Waals surface area contributed by atoms with Crippen LogP contribution in [-0.2, 0) is 0 Å². The van der Waals surface area contributed by atoms with Gasteiger partial charge in [0.05, 0.1) is 18.0 Å². The molecule has 0 unspecified atom stereocenters. The second-order valence-corrected chi connectivity index (χ2v) is 4.14. The van der Waals surface area contributed by atoms with Crippen molar-refractivity contribution in [3.63, 3.8) is 0 Å². The standard InChI is InChI=1S/C10H23N3O2/c1-8(11)13-6-4-3-5-9(12)10(2,15)7-14/h9,14-15H,3-7,12H2,1-2H3,(H2,11,13)/t9-,10-/m0/s1. The first-order valence-electron chi connectivity index (χ1n) is 5.25. The fourth-order valence-corrected chi connectivity index (χ4v) is 1.16. The normalized spacial score (nSPS) is 18.6. The number of aliphatic hydroxyl groups is 2. The van der Waals surface area contributed by atoms with E-state index >= 15 is 0 Å². The van der Waals surface area contributed by atoms with Gasteiger partial charge in [-0.15, -0.1) is 0 Å². The molecule has 5 heteroatoms. The number of amidine groups is 1. The molecule has 0 aliphatic carbocycles. The lowest BCUT2D eigenvalue weighted by molar-refractivity contribution is -0.0215. The maximum atomic E-state index is 9.61. The van der Waals surface area contributed by atoms with Gasteiger partial charge in [0.1, 0.15) is 0 Å². The molecule has 2 atom stereocenters. The Bertz CT molecular complexity index is 201. The molecule has 0 aromatic heterocycles. The third kappa shape index (κ3) is 6.43. The molecule has 0 aliphatic heterocycles. The number of hydrogen-bond donors (Lipinski definition) is 4. The molecule has 90 valence electrons. The van der Waals surface area contributed by atoms with Gasteiger partial charge in [0, 0.05) is 12.6 Å². The van der Waals surface area contributed by atoms with E-state index in [1.165, 1.54) is 0 Å². The fraction of sp³-hybridized carbons (Fsp3) is 0.900. The van der Waals surface area contributed by atoms with Gasteiger partial charge in [0.2, 0.25) is 0 Å². The molecular weight excluding hydrogens is 194 g/mol. The Hall–Kier alpha value is -0.650. The molecule has 0 aliphatic rings. The molecule has 0 aromatic rings. The van der Waals surface area contributed by atoms with Crippen molar-refractivity contribution in [3.05, 3.63) is 0 Å². The summed E-state index contributed by atoms with van der Waals surface area (Å²) >= 11 is 0. The van der Waals surface area contributed by atoms with Crippen LogP contribution in [0.25, 0.3) is 0 Å². The van der Waals surface area contributed by atoms with Crippen LogP contribution in [0.5, 0.6) is 0 Å². The molecule has 6 N–H and O–H groups in total. The van der Waals surface area contributed by atoms with E-state index in [1.54, 1.807) is 13.8 Å². The molecule has 0 spiro atoms. The first-order chi connectivity index (χ1) is 6.90. The number of hydrogen-bond acceptors (Lipinski definition) is 4. The molecule has 0 saturated heterocycles. The average Bonchev–Trinajstić information content (AvgIpc) is 2.16. The Labute approximate surface area is 91.2 Å². The molecule has 0 bridgehead atoms. The van der Waals surface area contributed by atoms with Gasteiger partial charge in [-0.3, -0.25) is 4.99 Å². The summed E-state index contributed by atoms with van der Waals surface area (Å²) in [6.07, 6.45) is 2.44. The van der Waals surface area contributed by atoms with E-state index in [1.807, 2.05) is 0 Å². The molecule has 0 fully saturated rings. The number of aliphatic imine (C=N–C) groups is 1. The third-order valence-electron chi connectivity index (χ3n) is 2.40. The average molecular weight is 217 g/mol. The summed E-state index contributed by atoms with van der Waals surface area (Å²) in [7, 11) is 0. The summed E-state index contributed by atoms with van der Waals surface area (Å²) in [6.45, 7) is 3.67. The maximum absolute atomic E-state index is 9.61. The van der Waals surface area contributed by atoms with Gasteiger partial charge in [-0.25, -0.2) is 0 Å². The zero-order chi connectivity index (χ0) is 11.9. The summed E-state index contributed by atoms with van der Waals surface area (Å²) in [5, 5.41) is 18.5. The Morgan fingerprint density at radius 1 is 1.47 bits per heavy atom. The minimum Gasteiger partial charge on any atom is -0.393 e. The number of nitrogens with two attached hydrogens (primary N) is 2. The van der Waals surface area contributed by atoms with Gasteiger partial charge in [0.15, 0.2) is 0 Å². The van der Waals surface area contributed by atoms with Gasteiger partial charge in [-0.05, 0) is 33.1 Å². The first-order valence-corrected chi connectivity index (χ1v) is 5.25. The second kappa shape index (κ2) is 6.76. The van der Waals surface area contributed by atoms with Crippen LogP contribution in [0.2, 0.25) is 0 Å². The minimum absolute atomic E-state index is 0.311. The third-order valence-corrected chi connectivity index (χ3v) is 2.40. The van der Waals surface area contributed by atoms with Crippen molar-refractivity contribution in [2.45, 2.75) is 44.8 Å². The van der Waals surface area contributed by atoms with Gasteiger partial charge >= 0.3 is 0 Å². The van der Waals surface area contributed by atoms with Crippen molar-refractivity contribution in [1.82, 2.24) is 0 Å². The maximum Gasteiger partial charge on any atom is 0.0999 e. The van der Waals surface area contributed by atoms with Crippen molar-refractivity contribution in [2.24, 2.45) is 16.5 Å². The molecular formula is C10H23N3O2. The Morgan fingerprint density at radius 3 is 2.53 bits per heavy atom. The van der Waals surface area contributed by atoms with E-state index in [-0.39, 0.29) is 6.61 Å². The Balaban J connectivity index is 3.64. The first kappa shape index (κ1) is 14.3. The van der Waals surface area contributed by atoms with Crippen LogP contribution in [0.4, 0.5) is 0 Å². The van der Waals surface area contributed by atoms with Gasteiger partial charge < -0.3 is 21.7 Å². The van der Waals surface area contributed by atoms with E-state index in [2.05, 4.69) is 4.99 Å². The van der Waals surface area contributed by atoms with Gasteiger partial charge in [0.25, 0.3) is 0 Å². The monoisotopic (exact) mass is 217 g/mol. The number of aliphatic hydroxyl groups excluding tert-OH is 1. The highest BCUT2D eigenvalue weighted by Crippen LogP contribution is 2.12. The molecule has 15 heavy (non-hydrogen) atoms. The van der Waals surface area contributed by atoms with Crippen LogP contribution in [0.1, 0.15) is 33.1 Å². The quantitative estimate of drug-likeness (QED) is 0.265. The molecule has 0 heterocycles.